The van der Waals surface area contributed by atoms with Crippen LogP contribution in [0, 0.1) is 0 Å². The van der Waals surface area contributed by atoms with Gasteiger partial charge in [-0.2, -0.15) is 0 Å². The van der Waals surface area contributed by atoms with E-state index < -0.39 is 0 Å². The summed E-state index contributed by atoms with van der Waals surface area (Å²) < 4.78 is 0. The summed E-state index contributed by atoms with van der Waals surface area (Å²) in [7, 11) is 0. The first kappa shape index (κ1) is 10.7. The molecule has 0 unspecified atom stereocenters. The molecule has 0 atom stereocenters. The van der Waals surface area contributed by atoms with E-state index in [0.29, 0.717) is 0 Å². The van der Waals surface area contributed by atoms with Crippen molar-refractivity contribution in [2.24, 2.45) is 5.73 Å². The van der Waals surface area contributed by atoms with Crippen molar-refractivity contribution in [2.45, 2.75) is 19.0 Å². The fraction of sp³-hybridized carbons (Fsp3) is 0.357. The smallest absolute Gasteiger partial charge is 0.0705 e. The number of likely N-dealkylation sites (tertiary alicyclic amines) is 1. The summed E-state index contributed by atoms with van der Waals surface area (Å²) in [6, 6.07) is 12.5. The summed E-state index contributed by atoms with van der Waals surface area (Å²) in [5, 5.41) is 1.20. The van der Waals surface area contributed by atoms with Crippen LogP contribution in [0.3, 0.4) is 0 Å². The van der Waals surface area contributed by atoms with E-state index in [9.17, 15) is 0 Å². The third-order valence-electron chi connectivity index (χ3n) is 3.21. The number of benzene rings is 1. The van der Waals surface area contributed by atoms with E-state index >= 15 is 0 Å². The second-order valence-electron chi connectivity index (χ2n) is 5.29. The highest BCUT2D eigenvalue weighted by Gasteiger charge is 2.34. The molecule has 0 amide bonds. The van der Waals surface area contributed by atoms with Gasteiger partial charge >= 0.3 is 0 Å². The lowest BCUT2D eigenvalue weighted by atomic mass is 9.94. The zero-order valence-corrected chi connectivity index (χ0v) is 10.1. The van der Waals surface area contributed by atoms with Crippen LogP contribution in [0.15, 0.2) is 36.4 Å². The number of nitrogens with two attached hydrogens (primary N) is 1. The Morgan fingerprint density at radius 1 is 1.24 bits per heavy atom. The Labute approximate surface area is 101 Å². The summed E-state index contributed by atoms with van der Waals surface area (Å²) in [6.45, 7) is 4.91. The second kappa shape index (κ2) is 3.79. The van der Waals surface area contributed by atoms with E-state index in [1.165, 1.54) is 5.39 Å². The molecule has 17 heavy (non-hydrogen) atoms. The van der Waals surface area contributed by atoms with Crippen LogP contribution in [0.1, 0.15) is 12.6 Å². The predicted octanol–water partition coefficient (Wildman–Crippen LogP) is 1.77. The van der Waals surface area contributed by atoms with Gasteiger partial charge < -0.3 is 5.73 Å². The fourth-order valence-electron chi connectivity index (χ4n) is 2.51. The maximum absolute atomic E-state index is 5.99. The predicted molar refractivity (Wildman–Crippen MR) is 69.6 cm³/mol. The minimum atomic E-state index is -0.00313. The van der Waals surface area contributed by atoms with Gasteiger partial charge in [0, 0.05) is 30.6 Å². The molecule has 3 rings (SSSR count). The van der Waals surface area contributed by atoms with E-state index in [2.05, 4.69) is 41.1 Å². The molecule has 0 saturated carbocycles. The highest BCUT2D eigenvalue weighted by Crippen LogP contribution is 2.20. The first-order valence-corrected chi connectivity index (χ1v) is 5.98. The Kier molecular flexibility index (Phi) is 2.38. The van der Waals surface area contributed by atoms with Gasteiger partial charge in [0.2, 0.25) is 0 Å². The molecule has 0 aliphatic carbocycles. The average molecular weight is 227 g/mol. The number of hydrogen-bond acceptors (Lipinski definition) is 3. The zero-order valence-electron chi connectivity index (χ0n) is 10.1. The zero-order chi connectivity index (χ0) is 11.9. The van der Waals surface area contributed by atoms with Crippen molar-refractivity contribution in [3.8, 4) is 0 Å². The SMILES string of the molecule is CC1(N)CN(Cc2ccc3ccccc3n2)C1. The third-order valence-corrected chi connectivity index (χ3v) is 3.21. The molecule has 88 valence electrons. The fourth-order valence-corrected chi connectivity index (χ4v) is 2.51. The van der Waals surface area contributed by atoms with E-state index in [1.54, 1.807) is 0 Å². The first-order valence-electron chi connectivity index (χ1n) is 5.98. The maximum atomic E-state index is 5.99. The molecule has 2 aromatic rings. The van der Waals surface area contributed by atoms with Crippen molar-refractivity contribution in [1.29, 1.82) is 0 Å². The van der Waals surface area contributed by atoms with Crippen LogP contribution in [0.4, 0.5) is 0 Å². The quantitative estimate of drug-likeness (QED) is 0.850. The van der Waals surface area contributed by atoms with Crippen molar-refractivity contribution >= 4 is 10.9 Å². The molecule has 0 radical (unpaired) electrons. The lowest BCUT2D eigenvalue weighted by Crippen LogP contribution is -2.64. The molecule has 3 heteroatoms. The average Bonchev–Trinajstić information content (AvgIpc) is 2.26. The van der Waals surface area contributed by atoms with Gasteiger partial charge in [-0.1, -0.05) is 24.3 Å². The number of aromatic nitrogens is 1. The summed E-state index contributed by atoms with van der Waals surface area (Å²) in [5.41, 5.74) is 8.19. The molecule has 0 spiro atoms. The largest absolute Gasteiger partial charge is 0.323 e. The molecule has 2 heterocycles. The molecule has 1 aliphatic heterocycles. The first-order chi connectivity index (χ1) is 8.12. The Morgan fingerprint density at radius 3 is 2.76 bits per heavy atom. The monoisotopic (exact) mass is 227 g/mol. The molecule has 1 aromatic heterocycles. The van der Waals surface area contributed by atoms with Gasteiger partial charge in [0.25, 0.3) is 0 Å². The summed E-state index contributed by atoms with van der Waals surface area (Å²) >= 11 is 0. The van der Waals surface area contributed by atoms with Gasteiger partial charge in [-0.25, -0.2) is 0 Å². The number of fused-ring (bicyclic) bond motifs is 1. The molecular formula is C14H17N3. The van der Waals surface area contributed by atoms with Crippen LogP contribution in [0.5, 0.6) is 0 Å². The molecule has 1 fully saturated rings. The van der Waals surface area contributed by atoms with Crippen LogP contribution in [-0.2, 0) is 6.54 Å². The normalized spacial score (nSPS) is 19.2. The van der Waals surface area contributed by atoms with E-state index in [1.807, 2.05) is 12.1 Å². The maximum Gasteiger partial charge on any atom is 0.0705 e. The van der Waals surface area contributed by atoms with Gasteiger partial charge in [-0.15, -0.1) is 0 Å². The minimum Gasteiger partial charge on any atom is -0.323 e. The summed E-state index contributed by atoms with van der Waals surface area (Å²) in [6.07, 6.45) is 0. The van der Waals surface area contributed by atoms with Gasteiger partial charge in [-0.3, -0.25) is 9.88 Å². The van der Waals surface area contributed by atoms with Crippen molar-refractivity contribution in [3.63, 3.8) is 0 Å². The molecule has 1 saturated heterocycles. The van der Waals surface area contributed by atoms with Gasteiger partial charge in [-0.05, 0) is 19.1 Å². The minimum absolute atomic E-state index is 0.00313. The third kappa shape index (κ3) is 2.16. The number of hydrogen-bond donors (Lipinski definition) is 1. The lowest BCUT2D eigenvalue weighted by Gasteiger charge is -2.45. The van der Waals surface area contributed by atoms with Gasteiger partial charge in [0.15, 0.2) is 0 Å². The highest BCUT2D eigenvalue weighted by atomic mass is 15.2. The number of nitrogens with zero attached hydrogens (tertiary/aromatic N) is 2. The van der Waals surface area contributed by atoms with Crippen molar-refractivity contribution in [1.82, 2.24) is 9.88 Å². The standard InChI is InChI=1S/C14H17N3/c1-14(15)9-17(10-14)8-12-7-6-11-4-2-3-5-13(11)16-12/h2-7H,8-10,15H2,1H3. The molecule has 1 aromatic carbocycles. The van der Waals surface area contributed by atoms with Crippen LogP contribution in [0.2, 0.25) is 0 Å². The lowest BCUT2D eigenvalue weighted by molar-refractivity contribution is 0.0752. The van der Waals surface area contributed by atoms with Crippen LogP contribution >= 0.6 is 0 Å². The summed E-state index contributed by atoms with van der Waals surface area (Å²) in [5.74, 6) is 0. The Hall–Kier alpha value is -1.45. The molecule has 0 bridgehead atoms. The summed E-state index contributed by atoms with van der Waals surface area (Å²) in [4.78, 5) is 6.99. The van der Waals surface area contributed by atoms with Crippen LogP contribution in [-0.4, -0.2) is 28.5 Å². The number of para-hydroxylation sites is 1. The van der Waals surface area contributed by atoms with Crippen LogP contribution in [0.25, 0.3) is 10.9 Å². The van der Waals surface area contributed by atoms with Crippen molar-refractivity contribution in [2.75, 3.05) is 13.1 Å². The van der Waals surface area contributed by atoms with Crippen molar-refractivity contribution in [3.05, 3.63) is 42.1 Å². The van der Waals surface area contributed by atoms with Gasteiger partial charge in [0.05, 0.1) is 11.2 Å². The van der Waals surface area contributed by atoms with E-state index in [4.69, 9.17) is 5.73 Å². The Bertz CT molecular complexity index is 540. The van der Waals surface area contributed by atoms with E-state index in [0.717, 1.165) is 30.8 Å². The van der Waals surface area contributed by atoms with E-state index in [-0.39, 0.29) is 5.54 Å². The molecule has 1 aliphatic rings. The Balaban J connectivity index is 1.78. The Morgan fingerprint density at radius 2 is 2.00 bits per heavy atom. The molecule has 3 nitrogen and oxygen atoms in total. The topological polar surface area (TPSA) is 42.1 Å². The molecular weight excluding hydrogens is 210 g/mol. The van der Waals surface area contributed by atoms with Gasteiger partial charge in [0.1, 0.15) is 0 Å². The molecule has 2 N–H and O–H groups in total. The second-order valence-corrected chi connectivity index (χ2v) is 5.29. The van der Waals surface area contributed by atoms with Crippen molar-refractivity contribution < 1.29 is 0 Å². The number of rotatable bonds is 2. The van der Waals surface area contributed by atoms with Crippen LogP contribution < -0.4 is 5.73 Å². The number of pyridine rings is 1. The highest BCUT2D eigenvalue weighted by molar-refractivity contribution is 5.78.